The van der Waals surface area contributed by atoms with Crippen LogP contribution in [0.15, 0.2) is 53.4 Å². The molecule has 3 rings (SSSR count). The van der Waals surface area contributed by atoms with Crippen LogP contribution in [0, 0.1) is 0 Å². The van der Waals surface area contributed by atoms with Crippen molar-refractivity contribution in [3.05, 3.63) is 54.1 Å². The number of hydrogen-bond acceptors (Lipinski definition) is 5. The number of nitrogens with one attached hydrogen (secondary N) is 1. The van der Waals surface area contributed by atoms with E-state index in [0.29, 0.717) is 18.0 Å². The van der Waals surface area contributed by atoms with Crippen LogP contribution in [0.2, 0.25) is 0 Å². The Labute approximate surface area is 171 Å². The molecule has 0 aliphatic carbocycles. The van der Waals surface area contributed by atoms with Gasteiger partial charge in [0.05, 0.1) is 25.2 Å². The Bertz CT molecular complexity index is 947. The summed E-state index contributed by atoms with van der Waals surface area (Å²) in [6.45, 7) is 0.684. The minimum absolute atomic E-state index is 0.0501. The fraction of sp³-hybridized carbons (Fsp3) is 0.381. The molecular weight excluding hydrogens is 392 g/mol. The predicted octanol–water partition coefficient (Wildman–Crippen LogP) is 2.74. The minimum Gasteiger partial charge on any atom is -0.497 e. The molecule has 1 amide bonds. The van der Waals surface area contributed by atoms with E-state index in [1.54, 1.807) is 37.3 Å². The van der Waals surface area contributed by atoms with E-state index < -0.39 is 10.0 Å². The quantitative estimate of drug-likeness (QED) is 0.713. The van der Waals surface area contributed by atoms with Crippen molar-refractivity contribution in [3.8, 4) is 11.5 Å². The second kappa shape index (κ2) is 9.28. The Hall–Kier alpha value is -2.58. The third kappa shape index (κ3) is 4.89. The maximum absolute atomic E-state index is 12.8. The molecule has 0 radical (unpaired) electrons. The van der Waals surface area contributed by atoms with Crippen molar-refractivity contribution in [2.75, 3.05) is 27.3 Å². The standard InChI is InChI=1S/C21H26N2O5S/c1-27-16-10-11-20(28-2)18(15-16)19-9-6-14-23(19)21(24)12-13-22-29(25,26)17-7-4-3-5-8-17/h3-5,7-8,10-11,15,19,22H,6,9,12-14H2,1-2H3. The third-order valence-corrected chi connectivity index (χ3v) is 6.53. The van der Waals surface area contributed by atoms with Crippen LogP contribution in [0.25, 0.3) is 0 Å². The Morgan fingerprint density at radius 1 is 1.14 bits per heavy atom. The van der Waals surface area contributed by atoms with Gasteiger partial charge in [0.25, 0.3) is 0 Å². The lowest BCUT2D eigenvalue weighted by molar-refractivity contribution is -0.132. The van der Waals surface area contributed by atoms with Crippen molar-refractivity contribution in [1.29, 1.82) is 0 Å². The number of rotatable bonds is 8. The fourth-order valence-corrected chi connectivity index (χ4v) is 4.66. The number of likely N-dealkylation sites (tertiary alicyclic amines) is 1. The van der Waals surface area contributed by atoms with E-state index in [4.69, 9.17) is 9.47 Å². The van der Waals surface area contributed by atoms with Gasteiger partial charge < -0.3 is 14.4 Å². The molecule has 1 aliphatic rings. The molecule has 1 aliphatic heterocycles. The van der Waals surface area contributed by atoms with Crippen molar-refractivity contribution in [1.82, 2.24) is 9.62 Å². The zero-order chi connectivity index (χ0) is 20.9. The zero-order valence-electron chi connectivity index (χ0n) is 16.6. The Morgan fingerprint density at radius 3 is 2.59 bits per heavy atom. The van der Waals surface area contributed by atoms with Crippen molar-refractivity contribution in [2.24, 2.45) is 0 Å². The molecule has 8 heteroatoms. The summed E-state index contributed by atoms with van der Waals surface area (Å²) in [5.41, 5.74) is 0.905. The normalized spacial score (nSPS) is 16.6. The maximum atomic E-state index is 12.8. The van der Waals surface area contributed by atoms with E-state index in [1.807, 2.05) is 18.2 Å². The number of methoxy groups -OCH3 is 2. The van der Waals surface area contributed by atoms with Gasteiger partial charge in [-0.1, -0.05) is 18.2 Å². The number of ether oxygens (including phenoxy) is 2. The van der Waals surface area contributed by atoms with Crippen molar-refractivity contribution in [2.45, 2.75) is 30.2 Å². The number of nitrogens with zero attached hydrogens (tertiary/aromatic N) is 1. The number of sulfonamides is 1. The van der Waals surface area contributed by atoms with E-state index >= 15 is 0 Å². The van der Waals surface area contributed by atoms with Gasteiger partial charge in [-0.25, -0.2) is 13.1 Å². The minimum atomic E-state index is -3.62. The first kappa shape index (κ1) is 21.1. The second-order valence-corrected chi connectivity index (χ2v) is 8.58. The van der Waals surface area contributed by atoms with Gasteiger partial charge in [0, 0.05) is 25.1 Å². The third-order valence-electron chi connectivity index (χ3n) is 5.05. The van der Waals surface area contributed by atoms with Crippen LogP contribution in [0.1, 0.15) is 30.9 Å². The van der Waals surface area contributed by atoms with Gasteiger partial charge in [-0.15, -0.1) is 0 Å². The molecule has 1 N–H and O–H groups in total. The molecule has 0 bridgehead atoms. The molecule has 1 atom stereocenters. The predicted molar refractivity (Wildman–Crippen MR) is 109 cm³/mol. The summed E-state index contributed by atoms with van der Waals surface area (Å²) >= 11 is 0. The van der Waals surface area contributed by atoms with Crippen LogP contribution in [0.4, 0.5) is 0 Å². The highest BCUT2D eigenvalue weighted by atomic mass is 32.2. The second-order valence-electron chi connectivity index (χ2n) is 6.81. The molecule has 1 heterocycles. The average Bonchev–Trinajstić information content (AvgIpc) is 3.23. The molecular formula is C21H26N2O5S. The lowest BCUT2D eigenvalue weighted by Crippen LogP contribution is -2.34. The first-order valence-electron chi connectivity index (χ1n) is 9.52. The van der Waals surface area contributed by atoms with Crippen LogP contribution in [0.5, 0.6) is 11.5 Å². The molecule has 7 nitrogen and oxygen atoms in total. The smallest absolute Gasteiger partial charge is 0.240 e. The molecule has 1 saturated heterocycles. The monoisotopic (exact) mass is 418 g/mol. The Kier molecular flexibility index (Phi) is 6.76. The topological polar surface area (TPSA) is 84.9 Å². The summed E-state index contributed by atoms with van der Waals surface area (Å²) < 4.78 is 37.9. The number of amides is 1. The number of carbonyl (C=O) groups is 1. The van der Waals surface area contributed by atoms with E-state index in [0.717, 1.165) is 18.4 Å². The summed E-state index contributed by atoms with van der Waals surface area (Å²) in [4.78, 5) is 14.8. The fourth-order valence-electron chi connectivity index (χ4n) is 3.61. The largest absolute Gasteiger partial charge is 0.497 e. The van der Waals surface area contributed by atoms with E-state index in [9.17, 15) is 13.2 Å². The van der Waals surface area contributed by atoms with Gasteiger partial charge in [-0.3, -0.25) is 4.79 Å². The van der Waals surface area contributed by atoms with E-state index in [2.05, 4.69) is 4.72 Å². The molecule has 1 fully saturated rings. The van der Waals surface area contributed by atoms with Crippen LogP contribution in [-0.4, -0.2) is 46.5 Å². The van der Waals surface area contributed by atoms with Crippen molar-refractivity contribution >= 4 is 15.9 Å². The summed E-state index contributed by atoms with van der Waals surface area (Å²) in [6, 6.07) is 13.6. The van der Waals surface area contributed by atoms with Gasteiger partial charge in [0.1, 0.15) is 11.5 Å². The van der Waals surface area contributed by atoms with Gasteiger partial charge in [-0.2, -0.15) is 0 Å². The summed E-state index contributed by atoms with van der Waals surface area (Å²) in [5, 5.41) is 0. The molecule has 156 valence electrons. The van der Waals surface area contributed by atoms with Crippen molar-refractivity contribution in [3.63, 3.8) is 0 Å². The van der Waals surface area contributed by atoms with Crippen molar-refractivity contribution < 1.29 is 22.7 Å². The zero-order valence-corrected chi connectivity index (χ0v) is 17.4. The summed E-state index contributed by atoms with van der Waals surface area (Å²) in [5.74, 6) is 1.32. The molecule has 0 aromatic heterocycles. The lowest BCUT2D eigenvalue weighted by Gasteiger charge is -2.27. The molecule has 1 unspecified atom stereocenters. The first-order valence-corrected chi connectivity index (χ1v) is 11.0. The van der Waals surface area contributed by atoms with Crippen LogP contribution < -0.4 is 14.2 Å². The average molecular weight is 419 g/mol. The first-order chi connectivity index (χ1) is 14.0. The van der Waals surface area contributed by atoms with Gasteiger partial charge >= 0.3 is 0 Å². The van der Waals surface area contributed by atoms with Gasteiger partial charge in [0.15, 0.2) is 0 Å². The highest BCUT2D eigenvalue weighted by molar-refractivity contribution is 7.89. The maximum Gasteiger partial charge on any atom is 0.240 e. The number of carbonyl (C=O) groups excluding carboxylic acids is 1. The highest BCUT2D eigenvalue weighted by Crippen LogP contribution is 2.39. The summed E-state index contributed by atoms with van der Waals surface area (Å²) in [6.07, 6.45) is 1.80. The highest BCUT2D eigenvalue weighted by Gasteiger charge is 2.32. The molecule has 2 aromatic carbocycles. The van der Waals surface area contributed by atoms with Gasteiger partial charge in [-0.05, 0) is 43.2 Å². The Morgan fingerprint density at radius 2 is 1.90 bits per heavy atom. The lowest BCUT2D eigenvalue weighted by atomic mass is 10.0. The Balaban J connectivity index is 1.66. The van der Waals surface area contributed by atoms with E-state index in [-0.39, 0.29) is 29.8 Å². The van der Waals surface area contributed by atoms with Crippen LogP contribution in [0.3, 0.4) is 0 Å². The van der Waals surface area contributed by atoms with Gasteiger partial charge in [0.2, 0.25) is 15.9 Å². The van der Waals surface area contributed by atoms with E-state index in [1.165, 1.54) is 12.1 Å². The van der Waals surface area contributed by atoms with Crippen LogP contribution in [-0.2, 0) is 14.8 Å². The molecule has 0 spiro atoms. The molecule has 0 saturated carbocycles. The summed E-state index contributed by atoms with van der Waals surface area (Å²) in [7, 11) is -0.421. The number of hydrogen-bond donors (Lipinski definition) is 1. The van der Waals surface area contributed by atoms with Crippen LogP contribution >= 0.6 is 0 Å². The molecule has 29 heavy (non-hydrogen) atoms. The molecule has 2 aromatic rings. The SMILES string of the molecule is COc1ccc(OC)c(C2CCCN2C(=O)CCNS(=O)(=O)c2ccccc2)c1. The number of benzene rings is 2.